The predicted octanol–water partition coefficient (Wildman–Crippen LogP) is 3.41. The van der Waals surface area contributed by atoms with Crippen LogP contribution in [0, 0.1) is 15.9 Å². The molecule has 5 nitrogen and oxygen atoms in total. The molecule has 0 aliphatic heterocycles. The third-order valence-electron chi connectivity index (χ3n) is 2.64. The third kappa shape index (κ3) is 3.05. The van der Waals surface area contributed by atoms with Gasteiger partial charge in [-0.3, -0.25) is 10.1 Å². The van der Waals surface area contributed by atoms with Gasteiger partial charge in [-0.1, -0.05) is 13.0 Å². The molecule has 0 saturated carbocycles. The zero-order chi connectivity index (χ0) is 13.8. The standard InChI is InChI=1S/C12H12FN3O2S/c1-8(12-14-5-6-19-12)7-15-10-4-2-3-9(13)11(10)16(17)18/h2-6,8,15H,7H2,1H3. The van der Waals surface area contributed by atoms with Crippen LogP contribution in [-0.2, 0) is 0 Å². The Morgan fingerprint density at radius 1 is 1.58 bits per heavy atom. The molecule has 0 fully saturated rings. The first-order valence-electron chi connectivity index (χ1n) is 5.65. The first kappa shape index (κ1) is 13.4. The highest BCUT2D eigenvalue weighted by atomic mass is 32.1. The number of hydrogen-bond donors (Lipinski definition) is 1. The number of nitro benzene ring substituents is 1. The summed E-state index contributed by atoms with van der Waals surface area (Å²) in [6, 6.07) is 4.02. The van der Waals surface area contributed by atoms with Crippen molar-refractivity contribution in [3.8, 4) is 0 Å². The molecule has 0 saturated heterocycles. The van der Waals surface area contributed by atoms with Gasteiger partial charge in [-0.15, -0.1) is 11.3 Å². The molecule has 100 valence electrons. The predicted molar refractivity (Wildman–Crippen MR) is 72.1 cm³/mol. The van der Waals surface area contributed by atoms with E-state index in [4.69, 9.17) is 0 Å². The molecular weight excluding hydrogens is 269 g/mol. The van der Waals surface area contributed by atoms with Crippen LogP contribution < -0.4 is 5.32 Å². The number of rotatable bonds is 5. The van der Waals surface area contributed by atoms with Gasteiger partial charge >= 0.3 is 5.69 Å². The van der Waals surface area contributed by atoms with E-state index in [0.717, 1.165) is 11.1 Å². The summed E-state index contributed by atoms with van der Waals surface area (Å²) in [6.07, 6.45) is 1.71. The summed E-state index contributed by atoms with van der Waals surface area (Å²) in [5.74, 6) is -0.736. The van der Waals surface area contributed by atoms with Gasteiger partial charge in [0, 0.05) is 24.0 Å². The van der Waals surface area contributed by atoms with Crippen molar-refractivity contribution >= 4 is 22.7 Å². The highest BCUT2D eigenvalue weighted by Crippen LogP contribution is 2.28. The molecule has 1 heterocycles. The molecule has 0 amide bonds. The van der Waals surface area contributed by atoms with Crippen LogP contribution in [-0.4, -0.2) is 16.5 Å². The van der Waals surface area contributed by atoms with E-state index in [-0.39, 0.29) is 11.6 Å². The second-order valence-corrected chi connectivity index (χ2v) is 4.97. The maximum absolute atomic E-state index is 13.4. The van der Waals surface area contributed by atoms with Crippen LogP contribution in [0.15, 0.2) is 29.8 Å². The van der Waals surface area contributed by atoms with Crippen molar-refractivity contribution in [3.05, 3.63) is 50.7 Å². The van der Waals surface area contributed by atoms with E-state index in [0.29, 0.717) is 6.54 Å². The largest absolute Gasteiger partial charge is 0.379 e. The number of aromatic nitrogens is 1. The first-order valence-corrected chi connectivity index (χ1v) is 6.53. The molecule has 1 unspecified atom stereocenters. The Kier molecular flexibility index (Phi) is 4.06. The Morgan fingerprint density at radius 3 is 3.00 bits per heavy atom. The van der Waals surface area contributed by atoms with E-state index in [1.54, 1.807) is 6.20 Å². The van der Waals surface area contributed by atoms with Crippen LogP contribution in [0.25, 0.3) is 0 Å². The number of nitrogens with zero attached hydrogens (tertiary/aromatic N) is 2. The quantitative estimate of drug-likeness (QED) is 0.673. The number of benzene rings is 1. The summed E-state index contributed by atoms with van der Waals surface area (Å²) >= 11 is 1.52. The van der Waals surface area contributed by atoms with E-state index in [9.17, 15) is 14.5 Å². The zero-order valence-corrected chi connectivity index (χ0v) is 11.0. The van der Waals surface area contributed by atoms with Crippen molar-refractivity contribution < 1.29 is 9.31 Å². The van der Waals surface area contributed by atoms with Crippen LogP contribution >= 0.6 is 11.3 Å². The van der Waals surface area contributed by atoms with Gasteiger partial charge in [-0.25, -0.2) is 4.98 Å². The van der Waals surface area contributed by atoms with Gasteiger partial charge in [-0.2, -0.15) is 4.39 Å². The number of hydrogen-bond acceptors (Lipinski definition) is 5. The number of halogens is 1. The second kappa shape index (κ2) is 5.75. The number of nitro groups is 1. The number of thiazole rings is 1. The van der Waals surface area contributed by atoms with Crippen LogP contribution in [0.5, 0.6) is 0 Å². The Balaban J connectivity index is 2.12. The molecule has 0 aliphatic carbocycles. The van der Waals surface area contributed by atoms with Crippen LogP contribution in [0.4, 0.5) is 15.8 Å². The van der Waals surface area contributed by atoms with Crippen molar-refractivity contribution in [1.29, 1.82) is 0 Å². The molecule has 0 bridgehead atoms. The number of anilines is 1. The highest BCUT2D eigenvalue weighted by molar-refractivity contribution is 7.09. The van der Waals surface area contributed by atoms with Gasteiger partial charge < -0.3 is 5.32 Å². The van der Waals surface area contributed by atoms with E-state index >= 15 is 0 Å². The monoisotopic (exact) mass is 281 g/mol. The zero-order valence-electron chi connectivity index (χ0n) is 10.2. The summed E-state index contributed by atoms with van der Waals surface area (Å²) in [7, 11) is 0. The lowest BCUT2D eigenvalue weighted by Crippen LogP contribution is -2.11. The molecule has 0 spiro atoms. The third-order valence-corrected chi connectivity index (χ3v) is 3.65. The smallest absolute Gasteiger partial charge is 0.327 e. The van der Waals surface area contributed by atoms with E-state index in [1.165, 1.54) is 23.5 Å². The lowest BCUT2D eigenvalue weighted by molar-refractivity contribution is -0.386. The summed E-state index contributed by atoms with van der Waals surface area (Å²) < 4.78 is 13.4. The molecule has 0 radical (unpaired) electrons. The Morgan fingerprint density at radius 2 is 2.37 bits per heavy atom. The molecular formula is C12H12FN3O2S. The Labute approximate surface area is 113 Å². The minimum absolute atomic E-state index is 0.0999. The van der Waals surface area contributed by atoms with Gasteiger partial charge in [0.2, 0.25) is 5.82 Å². The molecule has 1 atom stereocenters. The van der Waals surface area contributed by atoms with Crippen LogP contribution in [0.3, 0.4) is 0 Å². The van der Waals surface area contributed by atoms with Crippen LogP contribution in [0.1, 0.15) is 17.8 Å². The topological polar surface area (TPSA) is 68.1 Å². The van der Waals surface area contributed by atoms with E-state index in [2.05, 4.69) is 10.3 Å². The fraction of sp³-hybridized carbons (Fsp3) is 0.250. The minimum Gasteiger partial charge on any atom is -0.379 e. The summed E-state index contributed by atoms with van der Waals surface area (Å²) in [4.78, 5) is 14.3. The molecule has 0 aliphatic rings. The van der Waals surface area contributed by atoms with Crippen molar-refractivity contribution in [1.82, 2.24) is 4.98 Å². The van der Waals surface area contributed by atoms with E-state index in [1.807, 2.05) is 12.3 Å². The molecule has 2 aromatic rings. The SMILES string of the molecule is CC(CNc1cccc(F)c1[N+](=O)[O-])c1nccs1. The lowest BCUT2D eigenvalue weighted by Gasteiger charge is -2.11. The summed E-state index contributed by atoms with van der Waals surface area (Å²) in [6.45, 7) is 2.41. The van der Waals surface area contributed by atoms with Gasteiger partial charge in [0.25, 0.3) is 0 Å². The number of nitrogens with one attached hydrogen (secondary N) is 1. The Hall–Kier alpha value is -2.02. The average molecular weight is 281 g/mol. The maximum atomic E-state index is 13.4. The molecule has 19 heavy (non-hydrogen) atoms. The van der Waals surface area contributed by atoms with Crippen molar-refractivity contribution in [2.75, 3.05) is 11.9 Å². The fourth-order valence-corrected chi connectivity index (χ4v) is 2.37. The van der Waals surface area contributed by atoms with Gasteiger partial charge in [0.1, 0.15) is 5.69 Å². The van der Waals surface area contributed by atoms with Crippen LogP contribution in [0.2, 0.25) is 0 Å². The number of para-hydroxylation sites is 1. The van der Waals surface area contributed by atoms with Gasteiger partial charge in [0.15, 0.2) is 0 Å². The second-order valence-electron chi connectivity index (χ2n) is 4.05. The van der Waals surface area contributed by atoms with Gasteiger partial charge in [-0.05, 0) is 12.1 Å². The molecule has 1 N–H and O–H groups in total. The van der Waals surface area contributed by atoms with Gasteiger partial charge in [0.05, 0.1) is 9.93 Å². The molecule has 1 aromatic heterocycles. The molecule has 2 rings (SSSR count). The summed E-state index contributed by atoms with van der Waals surface area (Å²) in [5, 5.41) is 16.5. The van der Waals surface area contributed by atoms with Crippen molar-refractivity contribution in [2.24, 2.45) is 0 Å². The molecule has 1 aromatic carbocycles. The average Bonchev–Trinajstić information content (AvgIpc) is 2.89. The fourth-order valence-electron chi connectivity index (χ4n) is 1.67. The normalized spacial score (nSPS) is 12.1. The Bertz CT molecular complexity index is 574. The maximum Gasteiger partial charge on any atom is 0.327 e. The van der Waals surface area contributed by atoms with Crippen molar-refractivity contribution in [3.63, 3.8) is 0 Å². The van der Waals surface area contributed by atoms with Crippen molar-refractivity contribution in [2.45, 2.75) is 12.8 Å². The highest BCUT2D eigenvalue weighted by Gasteiger charge is 2.20. The first-order chi connectivity index (χ1) is 9.09. The van der Waals surface area contributed by atoms with E-state index < -0.39 is 16.4 Å². The lowest BCUT2D eigenvalue weighted by atomic mass is 10.2. The molecule has 7 heteroatoms. The minimum atomic E-state index is -0.836. The summed E-state index contributed by atoms with van der Waals surface area (Å²) in [5.41, 5.74) is -0.331.